The van der Waals surface area contributed by atoms with Gasteiger partial charge in [-0.15, -0.1) is 0 Å². The summed E-state index contributed by atoms with van der Waals surface area (Å²) in [5.74, 6) is -0.400. The number of anilines is 3. The minimum atomic E-state index is -0.775. The summed E-state index contributed by atoms with van der Waals surface area (Å²) in [5, 5.41) is 0. The standard InChI is InChI=1S/C65H51NO2/c1-4-59(67)68-37-23-24-46-42-57-62-58(43-46)65(51-33-19-9-20-34-51,52-35-21-10-22-36-52)56-41-45(3)39-54-61(56)66(62)60-53(63(54,47-25-11-5-12-26-47)48-27-13-6-14-28-48)38-44(2)40-55(60)64(57,49-29-15-7-16-30-49)50-31-17-8-18-32-50/h4-22,25-36,38-43H,1,23-24,37H2,2-3H3. The lowest BCUT2D eigenvalue weighted by Crippen LogP contribution is -2.49. The molecule has 0 aliphatic carbocycles. The largest absolute Gasteiger partial charge is 0.463 e. The Morgan fingerprint density at radius 2 is 0.706 bits per heavy atom. The van der Waals surface area contributed by atoms with E-state index < -0.39 is 22.2 Å². The van der Waals surface area contributed by atoms with E-state index in [0.717, 1.165) is 0 Å². The highest BCUT2D eigenvalue weighted by molar-refractivity contribution is 6.03. The van der Waals surface area contributed by atoms with Crippen LogP contribution in [0.15, 0.2) is 231 Å². The third-order valence-corrected chi connectivity index (χ3v) is 15.0. The van der Waals surface area contributed by atoms with Crippen molar-refractivity contribution in [3.05, 3.63) is 314 Å². The summed E-state index contributed by atoms with van der Waals surface area (Å²) in [7, 11) is 0. The van der Waals surface area contributed by atoms with Crippen LogP contribution in [-0.2, 0) is 32.2 Å². The van der Waals surface area contributed by atoms with Gasteiger partial charge in [0, 0.05) is 6.08 Å². The molecule has 0 spiro atoms. The van der Waals surface area contributed by atoms with Gasteiger partial charge in [-0.3, -0.25) is 0 Å². The number of carbonyl (C=O) groups is 1. The van der Waals surface area contributed by atoms with Crippen molar-refractivity contribution in [2.24, 2.45) is 0 Å². The number of esters is 1. The molecule has 0 atom stereocenters. The maximum Gasteiger partial charge on any atom is 0.330 e. The van der Waals surface area contributed by atoms with E-state index in [9.17, 15) is 4.79 Å². The molecule has 0 aromatic heterocycles. The zero-order chi connectivity index (χ0) is 46.0. The van der Waals surface area contributed by atoms with Gasteiger partial charge in [0.2, 0.25) is 0 Å². The SMILES string of the molecule is C=CC(=O)OCCCc1cc2c3c(c1)C(c1ccccc1)(c1ccccc1)c1cc(C)cc4c1N3c1c(cc(C)cc1C2(c1ccccc1)c1ccccc1)C4(c1ccccc1)c1ccccc1. The van der Waals surface area contributed by atoms with Crippen LogP contribution in [0.5, 0.6) is 0 Å². The van der Waals surface area contributed by atoms with Crippen LogP contribution in [0.1, 0.15) is 89.9 Å². The van der Waals surface area contributed by atoms with E-state index in [1.807, 2.05) is 0 Å². The predicted molar refractivity (Wildman–Crippen MR) is 276 cm³/mol. The highest BCUT2D eigenvalue weighted by Crippen LogP contribution is 2.71. The molecular formula is C65H51NO2. The molecule has 3 heterocycles. The molecule has 0 fully saturated rings. The predicted octanol–water partition coefficient (Wildman–Crippen LogP) is 14.5. The lowest BCUT2D eigenvalue weighted by molar-refractivity contribution is -0.137. The Bertz CT molecular complexity index is 3090. The highest BCUT2D eigenvalue weighted by atomic mass is 16.5. The molecule has 3 aliphatic rings. The summed E-state index contributed by atoms with van der Waals surface area (Å²) in [4.78, 5) is 15.1. The van der Waals surface area contributed by atoms with Crippen LogP contribution in [0, 0.1) is 13.8 Å². The number of ether oxygens (including phenoxy) is 1. The number of hydrogen-bond donors (Lipinski definition) is 0. The average molecular weight is 878 g/mol. The second-order valence-electron chi connectivity index (χ2n) is 18.7. The fourth-order valence-corrected chi connectivity index (χ4v) is 12.6. The van der Waals surface area contributed by atoms with Crippen molar-refractivity contribution in [1.29, 1.82) is 0 Å². The molecule has 0 bridgehead atoms. The first-order chi connectivity index (χ1) is 33.4. The van der Waals surface area contributed by atoms with Gasteiger partial charge in [0.1, 0.15) is 0 Å². The summed E-state index contributed by atoms with van der Waals surface area (Å²) in [6, 6.07) is 82.3. The molecule has 0 unspecified atom stereocenters. The summed E-state index contributed by atoms with van der Waals surface area (Å²) >= 11 is 0. The fourth-order valence-electron chi connectivity index (χ4n) is 12.6. The van der Waals surface area contributed by atoms with Gasteiger partial charge in [0.15, 0.2) is 0 Å². The van der Waals surface area contributed by atoms with E-state index in [4.69, 9.17) is 4.74 Å². The van der Waals surface area contributed by atoms with E-state index in [0.29, 0.717) is 19.4 Å². The van der Waals surface area contributed by atoms with Crippen LogP contribution >= 0.6 is 0 Å². The molecular weight excluding hydrogens is 827 g/mol. The molecule has 3 aliphatic heterocycles. The van der Waals surface area contributed by atoms with Gasteiger partial charge in [-0.25, -0.2) is 4.79 Å². The van der Waals surface area contributed by atoms with E-state index in [1.165, 1.54) is 107 Å². The fraction of sp³-hybridized carbons (Fsp3) is 0.123. The Morgan fingerprint density at radius 1 is 0.441 bits per heavy atom. The summed E-state index contributed by atoms with van der Waals surface area (Å²) < 4.78 is 5.64. The van der Waals surface area contributed by atoms with Crippen molar-refractivity contribution in [3.8, 4) is 0 Å². The first kappa shape index (κ1) is 41.4. The maximum atomic E-state index is 12.4. The van der Waals surface area contributed by atoms with Crippen molar-refractivity contribution in [2.75, 3.05) is 11.5 Å². The summed E-state index contributed by atoms with van der Waals surface area (Å²) in [6.07, 6.45) is 2.60. The number of carbonyl (C=O) groups excluding carboxylic acids is 1. The lowest BCUT2D eigenvalue weighted by Gasteiger charge is -2.58. The van der Waals surface area contributed by atoms with Gasteiger partial charge in [-0.1, -0.05) is 236 Å². The van der Waals surface area contributed by atoms with Gasteiger partial charge >= 0.3 is 5.97 Å². The van der Waals surface area contributed by atoms with Gasteiger partial charge < -0.3 is 9.64 Å². The van der Waals surface area contributed by atoms with Crippen LogP contribution in [0.3, 0.4) is 0 Å². The molecule has 0 saturated heterocycles. The molecule has 9 aromatic rings. The zero-order valence-corrected chi connectivity index (χ0v) is 38.5. The van der Waals surface area contributed by atoms with Crippen LogP contribution < -0.4 is 4.90 Å². The molecule has 0 radical (unpaired) electrons. The first-order valence-electron chi connectivity index (χ1n) is 23.8. The van der Waals surface area contributed by atoms with E-state index >= 15 is 0 Å². The molecule has 9 aromatic carbocycles. The first-order valence-corrected chi connectivity index (χ1v) is 23.8. The Morgan fingerprint density at radius 3 is 0.971 bits per heavy atom. The molecule has 68 heavy (non-hydrogen) atoms. The number of aryl methyl sites for hydroxylation is 3. The van der Waals surface area contributed by atoms with E-state index in [2.05, 4.69) is 244 Å². The van der Waals surface area contributed by atoms with Crippen molar-refractivity contribution in [3.63, 3.8) is 0 Å². The summed E-state index contributed by atoms with van der Waals surface area (Å²) in [5.41, 5.74) is 19.7. The second kappa shape index (κ2) is 16.1. The minimum Gasteiger partial charge on any atom is -0.463 e. The molecule has 0 N–H and O–H groups in total. The van der Waals surface area contributed by atoms with Crippen LogP contribution in [0.25, 0.3) is 0 Å². The number of nitrogens with zero attached hydrogens (tertiary/aromatic N) is 1. The lowest BCUT2D eigenvalue weighted by atomic mass is 9.52. The van der Waals surface area contributed by atoms with Crippen molar-refractivity contribution < 1.29 is 9.53 Å². The quantitative estimate of drug-likeness (QED) is 0.0736. The molecule has 0 saturated carbocycles. The Hall–Kier alpha value is -8.01. The Balaban J connectivity index is 1.36. The van der Waals surface area contributed by atoms with Crippen molar-refractivity contribution in [1.82, 2.24) is 0 Å². The van der Waals surface area contributed by atoms with Crippen LogP contribution in [0.4, 0.5) is 17.1 Å². The van der Waals surface area contributed by atoms with Gasteiger partial charge in [0.05, 0.1) is 39.9 Å². The molecule has 3 heteroatoms. The molecule has 3 nitrogen and oxygen atoms in total. The Labute approximate surface area is 399 Å². The number of benzene rings is 9. The Kier molecular flexibility index (Phi) is 9.81. The maximum absolute atomic E-state index is 12.4. The average Bonchev–Trinajstić information content (AvgIpc) is 3.39. The minimum absolute atomic E-state index is 0.298. The number of rotatable bonds is 11. The van der Waals surface area contributed by atoms with E-state index in [1.54, 1.807) is 0 Å². The normalized spacial score (nSPS) is 14.9. The van der Waals surface area contributed by atoms with Gasteiger partial charge in [-0.2, -0.15) is 0 Å². The van der Waals surface area contributed by atoms with E-state index in [-0.39, 0.29) is 0 Å². The topological polar surface area (TPSA) is 29.5 Å². The van der Waals surface area contributed by atoms with Crippen molar-refractivity contribution >= 4 is 23.0 Å². The van der Waals surface area contributed by atoms with Crippen LogP contribution in [0.2, 0.25) is 0 Å². The third kappa shape index (κ3) is 5.75. The van der Waals surface area contributed by atoms with Crippen LogP contribution in [-0.4, -0.2) is 12.6 Å². The van der Waals surface area contributed by atoms with Gasteiger partial charge in [-0.05, 0) is 99.0 Å². The zero-order valence-electron chi connectivity index (χ0n) is 38.5. The third-order valence-electron chi connectivity index (χ3n) is 15.0. The van der Waals surface area contributed by atoms with Gasteiger partial charge in [0.25, 0.3) is 0 Å². The summed E-state index contributed by atoms with van der Waals surface area (Å²) in [6.45, 7) is 8.51. The van der Waals surface area contributed by atoms with Crippen molar-refractivity contribution in [2.45, 2.75) is 42.9 Å². The smallest absolute Gasteiger partial charge is 0.330 e. The monoisotopic (exact) mass is 877 g/mol. The molecule has 328 valence electrons. The molecule has 0 amide bonds. The molecule has 12 rings (SSSR count). The highest BCUT2D eigenvalue weighted by Gasteiger charge is 2.60. The number of hydrogen-bond acceptors (Lipinski definition) is 3. The second-order valence-corrected chi connectivity index (χ2v) is 18.7.